The molecule has 56 heavy (non-hydrogen) atoms. The van der Waals surface area contributed by atoms with Gasteiger partial charge in [0, 0.05) is 18.8 Å². The Morgan fingerprint density at radius 3 is 1.62 bits per heavy atom. The fourth-order valence-corrected chi connectivity index (χ4v) is 8.85. The lowest BCUT2D eigenvalue weighted by atomic mass is 10.0. The van der Waals surface area contributed by atoms with E-state index in [0.717, 1.165) is 56.3 Å². The largest absolute Gasteiger partial charge is 0.349 e. The first-order valence-electron chi connectivity index (χ1n) is 18.8. The van der Waals surface area contributed by atoms with E-state index in [1.807, 2.05) is 110 Å². The van der Waals surface area contributed by atoms with Crippen LogP contribution in [0, 0.1) is 0 Å². The standard InChI is InChI=1S/C44H46N8O3S/c1-49(2)37(33-11-7-5-8-12-33)41(53)51-23-25-55-43(51)39-45-27-35(47-39)31-19-15-29(16-20-31)30-17-21-32(22-18-30)36-28-46-40(48-36)44-52(24-26-56-44)42(54)38(50(3)4)34-13-9-6-10-14-34/h5-22,27-28,37-38,43-44H,23-26H2,1-4H3,(H,45,47)(H,46,48). The average molecular weight is 767 g/mol. The molecule has 4 atom stereocenters. The molecule has 2 N–H and O–H groups in total. The van der Waals surface area contributed by atoms with Gasteiger partial charge in [-0.25, -0.2) is 9.97 Å². The molecule has 2 aromatic heterocycles. The SMILES string of the molecule is CN(C)C(C(=O)N1CCOC1c1ncc(-c2ccc(-c3ccc(-c4cnc(C5SCCN5C(=O)C(c5ccccc5)N(C)C)[nH]4)cc3)cc2)[nH]1)c1ccccc1. The zero-order chi connectivity index (χ0) is 38.8. The number of hydrogen-bond acceptors (Lipinski definition) is 8. The molecule has 286 valence electrons. The highest BCUT2D eigenvalue weighted by molar-refractivity contribution is 7.99. The zero-order valence-corrected chi connectivity index (χ0v) is 32.8. The van der Waals surface area contributed by atoms with Crippen molar-refractivity contribution in [2.45, 2.75) is 23.7 Å². The van der Waals surface area contributed by atoms with E-state index in [9.17, 15) is 9.59 Å². The number of thioether (sulfide) groups is 1. The summed E-state index contributed by atoms with van der Waals surface area (Å²) in [7, 11) is 7.74. The van der Waals surface area contributed by atoms with Crippen molar-refractivity contribution in [3.8, 4) is 33.6 Å². The maximum atomic E-state index is 13.9. The second-order valence-corrected chi connectivity index (χ2v) is 15.8. The van der Waals surface area contributed by atoms with Crippen LogP contribution in [0.15, 0.2) is 122 Å². The molecule has 2 aliphatic rings. The number of ether oxygens (including phenoxy) is 1. The third-order valence-electron chi connectivity index (χ3n) is 10.5. The van der Waals surface area contributed by atoms with E-state index >= 15 is 0 Å². The quantitative estimate of drug-likeness (QED) is 0.143. The lowest BCUT2D eigenvalue weighted by molar-refractivity contribution is -0.142. The predicted molar refractivity (Wildman–Crippen MR) is 220 cm³/mol. The molecule has 0 aliphatic carbocycles. The number of carbonyl (C=O) groups is 2. The van der Waals surface area contributed by atoms with Crippen LogP contribution >= 0.6 is 11.8 Å². The van der Waals surface area contributed by atoms with Crippen molar-refractivity contribution in [3.63, 3.8) is 0 Å². The van der Waals surface area contributed by atoms with Gasteiger partial charge in [0.1, 0.15) is 23.3 Å². The van der Waals surface area contributed by atoms with E-state index < -0.39 is 12.3 Å². The van der Waals surface area contributed by atoms with Gasteiger partial charge in [0.05, 0.1) is 30.4 Å². The second-order valence-electron chi connectivity index (χ2n) is 14.6. The lowest BCUT2D eigenvalue weighted by Crippen LogP contribution is -2.40. The number of rotatable bonds is 11. The van der Waals surface area contributed by atoms with Crippen molar-refractivity contribution in [3.05, 3.63) is 144 Å². The van der Waals surface area contributed by atoms with Crippen LogP contribution in [0.2, 0.25) is 0 Å². The lowest BCUT2D eigenvalue weighted by Gasteiger charge is -2.31. The van der Waals surface area contributed by atoms with E-state index in [4.69, 9.17) is 9.72 Å². The topological polar surface area (TPSA) is 114 Å². The van der Waals surface area contributed by atoms with Gasteiger partial charge in [-0.1, -0.05) is 109 Å². The summed E-state index contributed by atoms with van der Waals surface area (Å²) in [4.78, 5) is 51.7. The Morgan fingerprint density at radius 2 is 1.11 bits per heavy atom. The van der Waals surface area contributed by atoms with E-state index in [1.165, 1.54) is 0 Å². The maximum Gasteiger partial charge on any atom is 0.246 e. The van der Waals surface area contributed by atoms with Crippen molar-refractivity contribution in [1.82, 2.24) is 39.5 Å². The van der Waals surface area contributed by atoms with Gasteiger partial charge in [0.15, 0.2) is 12.1 Å². The van der Waals surface area contributed by atoms with Crippen LogP contribution in [0.4, 0.5) is 0 Å². The molecule has 8 rings (SSSR count). The van der Waals surface area contributed by atoms with Crippen LogP contribution in [0.1, 0.15) is 46.5 Å². The summed E-state index contributed by atoms with van der Waals surface area (Å²) in [5.74, 6) is 2.31. The van der Waals surface area contributed by atoms with Gasteiger partial charge in [-0.3, -0.25) is 19.4 Å². The second kappa shape index (κ2) is 16.3. The Morgan fingerprint density at radius 1 is 0.643 bits per heavy atom. The Hall–Kier alpha value is -5.53. The summed E-state index contributed by atoms with van der Waals surface area (Å²) in [6, 6.07) is 35.7. The summed E-state index contributed by atoms with van der Waals surface area (Å²) < 4.78 is 6.05. The van der Waals surface area contributed by atoms with E-state index in [-0.39, 0.29) is 23.2 Å². The van der Waals surface area contributed by atoms with Gasteiger partial charge >= 0.3 is 0 Å². The number of nitrogens with one attached hydrogen (secondary N) is 2. The minimum absolute atomic E-state index is 0.0197. The van der Waals surface area contributed by atoms with E-state index in [0.29, 0.717) is 25.5 Å². The third kappa shape index (κ3) is 7.53. The van der Waals surface area contributed by atoms with Gasteiger partial charge in [-0.15, -0.1) is 11.8 Å². The fraction of sp³-hybridized carbons (Fsp3) is 0.273. The molecule has 2 saturated heterocycles. The van der Waals surface area contributed by atoms with Gasteiger partial charge in [0.2, 0.25) is 11.8 Å². The summed E-state index contributed by atoms with van der Waals surface area (Å²) in [5, 5.41) is -0.173. The summed E-state index contributed by atoms with van der Waals surface area (Å²) in [6.07, 6.45) is 3.07. The number of carbonyl (C=O) groups excluding carboxylic acids is 2. The first-order valence-corrected chi connectivity index (χ1v) is 19.9. The average Bonchev–Trinajstić information content (AvgIpc) is 4.06. The number of H-pyrrole nitrogens is 2. The minimum Gasteiger partial charge on any atom is -0.349 e. The normalized spacial score (nSPS) is 18.2. The number of likely N-dealkylation sites (N-methyl/N-ethyl adjacent to an activating group) is 2. The molecule has 0 radical (unpaired) electrons. The Kier molecular flexibility index (Phi) is 10.9. The van der Waals surface area contributed by atoms with Crippen molar-refractivity contribution in [2.75, 3.05) is 53.6 Å². The Bertz CT molecular complexity index is 2100. The predicted octanol–water partition coefficient (Wildman–Crippen LogP) is 7.17. The Labute approximate surface area is 331 Å². The van der Waals surface area contributed by atoms with Crippen molar-refractivity contribution in [2.24, 2.45) is 0 Å². The molecule has 0 spiro atoms. The van der Waals surface area contributed by atoms with Crippen LogP contribution in [-0.4, -0.2) is 105 Å². The molecule has 4 heterocycles. The van der Waals surface area contributed by atoms with E-state index in [2.05, 4.69) is 63.5 Å². The number of aromatic amines is 2. The van der Waals surface area contributed by atoms with Gasteiger partial charge in [-0.2, -0.15) is 0 Å². The van der Waals surface area contributed by atoms with Crippen molar-refractivity contribution < 1.29 is 14.3 Å². The molecule has 2 amide bonds. The Balaban J connectivity index is 0.930. The van der Waals surface area contributed by atoms with Gasteiger partial charge in [-0.05, 0) is 61.6 Å². The van der Waals surface area contributed by atoms with Crippen LogP contribution in [0.5, 0.6) is 0 Å². The summed E-state index contributed by atoms with van der Waals surface area (Å²) in [6.45, 7) is 1.62. The van der Waals surface area contributed by atoms with Crippen LogP contribution in [0.25, 0.3) is 33.6 Å². The number of amides is 2. The molecule has 0 saturated carbocycles. The molecular weight excluding hydrogens is 721 g/mol. The maximum absolute atomic E-state index is 13.9. The number of benzene rings is 4. The molecule has 0 bridgehead atoms. The van der Waals surface area contributed by atoms with Crippen LogP contribution in [-0.2, 0) is 14.3 Å². The first kappa shape index (κ1) is 37.4. The highest BCUT2D eigenvalue weighted by atomic mass is 32.2. The molecular formula is C44H46N8O3S. The smallest absolute Gasteiger partial charge is 0.246 e. The number of imidazole rings is 2. The van der Waals surface area contributed by atoms with Gasteiger partial charge in [0.25, 0.3) is 0 Å². The highest BCUT2D eigenvalue weighted by Gasteiger charge is 2.39. The van der Waals surface area contributed by atoms with E-state index in [1.54, 1.807) is 22.9 Å². The molecule has 12 heteroatoms. The first-order chi connectivity index (χ1) is 27.3. The molecule has 2 aliphatic heterocycles. The molecule has 11 nitrogen and oxygen atoms in total. The van der Waals surface area contributed by atoms with Gasteiger partial charge < -0.3 is 24.5 Å². The third-order valence-corrected chi connectivity index (χ3v) is 11.7. The minimum atomic E-state index is -0.584. The summed E-state index contributed by atoms with van der Waals surface area (Å²) >= 11 is 1.74. The van der Waals surface area contributed by atoms with Crippen LogP contribution in [0.3, 0.4) is 0 Å². The fourth-order valence-electron chi connectivity index (χ4n) is 7.65. The number of hydrogen-bond donors (Lipinski definition) is 2. The number of nitrogens with zero attached hydrogens (tertiary/aromatic N) is 6. The highest BCUT2D eigenvalue weighted by Crippen LogP contribution is 2.40. The molecule has 6 aromatic rings. The molecule has 2 fully saturated rings. The number of aromatic nitrogens is 4. The molecule has 4 unspecified atom stereocenters. The zero-order valence-electron chi connectivity index (χ0n) is 32.0. The summed E-state index contributed by atoms with van der Waals surface area (Å²) in [5.41, 5.74) is 7.87. The van der Waals surface area contributed by atoms with Crippen LogP contribution < -0.4 is 0 Å². The molecule has 4 aromatic carbocycles. The van der Waals surface area contributed by atoms with Crippen molar-refractivity contribution >= 4 is 23.6 Å². The monoisotopic (exact) mass is 766 g/mol. The van der Waals surface area contributed by atoms with Crippen molar-refractivity contribution in [1.29, 1.82) is 0 Å².